The highest BCUT2D eigenvalue weighted by Crippen LogP contribution is 2.25. The molecule has 2 N–H and O–H groups in total. The van der Waals surface area contributed by atoms with Gasteiger partial charge in [-0.05, 0) is 42.5 Å². The van der Waals surface area contributed by atoms with Gasteiger partial charge in [0.15, 0.2) is 0 Å². The van der Waals surface area contributed by atoms with E-state index in [2.05, 4.69) is 15.5 Å². The number of thiophene rings is 1. The van der Waals surface area contributed by atoms with E-state index >= 15 is 0 Å². The standard InChI is InChI=1S/C24H24FN3O2S/c25-20-8-3-1-6-17(20)16-26-23(29)19-7-2-4-9-21(19)28-13-11-18(12-14-28)27-24(30)22-10-5-15-31-22/h1-10,15,18H,11-14,16H2,(H,26,29)(H,27,30). The molecule has 0 saturated carbocycles. The molecule has 4 rings (SSSR count). The molecule has 2 aromatic carbocycles. The van der Waals surface area contributed by atoms with Crippen molar-refractivity contribution in [3.05, 3.63) is 87.9 Å². The Bertz CT molecular complexity index is 1050. The van der Waals surface area contributed by atoms with E-state index in [4.69, 9.17) is 0 Å². The highest BCUT2D eigenvalue weighted by Gasteiger charge is 2.24. The van der Waals surface area contributed by atoms with Crippen molar-refractivity contribution < 1.29 is 14.0 Å². The third kappa shape index (κ3) is 5.11. The molecule has 1 fully saturated rings. The Labute approximate surface area is 184 Å². The molecule has 0 radical (unpaired) electrons. The molecule has 0 spiro atoms. The number of nitrogens with one attached hydrogen (secondary N) is 2. The van der Waals surface area contributed by atoms with E-state index in [-0.39, 0.29) is 30.2 Å². The molecule has 3 aromatic rings. The Balaban J connectivity index is 1.37. The largest absolute Gasteiger partial charge is 0.371 e. The maximum Gasteiger partial charge on any atom is 0.261 e. The molecule has 1 aliphatic heterocycles. The second-order valence-corrected chi connectivity index (χ2v) is 8.45. The molecule has 1 saturated heterocycles. The fourth-order valence-electron chi connectivity index (χ4n) is 3.78. The van der Waals surface area contributed by atoms with E-state index in [0.717, 1.165) is 36.5 Å². The number of hydrogen-bond acceptors (Lipinski definition) is 4. The monoisotopic (exact) mass is 437 g/mol. The van der Waals surface area contributed by atoms with Crippen molar-refractivity contribution in [2.45, 2.75) is 25.4 Å². The van der Waals surface area contributed by atoms with Crippen LogP contribution in [-0.4, -0.2) is 30.9 Å². The van der Waals surface area contributed by atoms with Gasteiger partial charge in [-0.1, -0.05) is 36.4 Å². The van der Waals surface area contributed by atoms with Gasteiger partial charge in [0.2, 0.25) is 0 Å². The highest BCUT2D eigenvalue weighted by atomic mass is 32.1. The van der Waals surface area contributed by atoms with Gasteiger partial charge in [0.25, 0.3) is 11.8 Å². The number of para-hydroxylation sites is 1. The first-order valence-electron chi connectivity index (χ1n) is 10.3. The molecule has 0 aliphatic carbocycles. The van der Waals surface area contributed by atoms with Gasteiger partial charge >= 0.3 is 0 Å². The molecule has 0 bridgehead atoms. The molecule has 1 aliphatic rings. The molecule has 160 valence electrons. The van der Waals surface area contributed by atoms with Crippen LogP contribution in [0.1, 0.15) is 38.4 Å². The van der Waals surface area contributed by atoms with Gasteiger partial charge < -0.3 is 15.5 Å². The number of carbonyl (C=O) groups excluding carboxylic acids is 2. The lowest BCUT2D eigenvalue weighted by molar-refractivity contribution is 0.0933. The zero-order valence-electron chi connectivity index (χ0n) is 17.0. The van der Waals surface area contributed by atoms with Crippen LogP contribution in [0.2, 0.25) is 0 Å². The van der Waals surface area contributed by atoms with Gasteiger partial charge in [-0.3, -0.25) is 9.59 Å². The molecular formula is C24H24FN3O2S. The normalized spacial score (nSPS) is 14.3. The zero-order valence-corrected chi connectivity index (χ0v) is 17.8. The molecule has 0 unspecified atom stereocenters. The number of anilines is 1. The molecular weight excluding hydrogens is 413 g/mol. The maximum absolute atomic E-state index is 13.8. The van der Waals surface area contributed by atoms with E-state index in [1.165, 1.54) is 17.4 Å². The average molecular weight is 438 g/mol. The number of halogens is 1. The number of benzene rings is 2. The van der Waals surface area contributed by atoms with Crippen LogP contribution in [0.25, 0.3) is 0 Å². The summed E-state index contributed by atoms with van der Waals surface area (Å²) in [5.74, 6) is -0.587. The van der Waals surface area contributed by atoms with Crippen molar-refractivity contribution in [2.24, 2.45) is 0 Å². The van der Waals surface area contributed by atoms with Crippen LogP contribution >= 0.6 is 11.3 Å². The van der Waals surface area contributed by atoms with Gasteiger partial charge in [0, 0.05) is 36.9 Å². The van der Waals surface area contributed by atoms with E-state index in [9.17, 15) is 14.0 Å². The van der Waals surface area contributed by atoms with E-state index in [0.29, 0.717) is 11.1 Å². The molecule has 1 aromatic heterocycles. The first-order valence-corrected chi connectivity index (χ1v) is 11.2. The summed E-state index contributed by atoms with van der Waals surface area (Å²) in [4.78, 5) is 28.0. The number of rotatable bonds is 6. The van der Waals surface area contributed by atoms with Crippen molar-refractivity contribution in [3.63, 3.8) is 0 Å². The summed E-state index contributed by atoms with van der Waals surface area (Å²) < 4.78 is 13.8. The fourth-order valence-corrected chi connectivity index (χ4v) is 4.41. The number of nitrogens with zero attached hydrogens (tertiary/aromatic N) is 1. The van der Waals surface area contributed by atoms with Gasteiger partial charge in [0.05, 0.1) is 10.4 Å². The lowest BCUT2D eigenvalue weighted by Gasteiger charge is -2.34. The van der Waals surface area contributed by atoms with Gasteiger partial charge in [-0.25, -0.2) is 4.39 Å². The summed E-state index contributed by atoms with van der Waals surface area (Å²) in [5.41, 5.74) is 1.88. The summed E-state index contributed by atoms with van der Waals surface area (Å²) in [6.45, 7) is 1.62. The third-order valence-electron chi connectivity index (χ3n) is 5.46. The summed E-state index contributed by atoms with van der Waals surface area (Å²) in [6, 6.07) is 17.7. The molecule has 31 heavy (non-hydrogen) atoms. The second-order valence-electron chi connectivity index (χ2n) is 7.50. The predicted octanol–water partition coefficient (Wildman–Crippen LogP) is 4.22. The molecule has 0 atom stereocenters. The lowest BCUT2D eigenvalue weighted by Crippen LogP contribution is -2.45. The Morgan fingerprint density at radius 1 is 0.968 bits per heavy atom. The Morgan fingerprint density at radius 2 is 1.71 bits per heavy atom. The SMILES string of the molecule is O=C(NC1CCN(c2ccccc2C(=O)NCc2ccccc2F)CC1)c1cccs1. The number of piperidine rings is 1. The van der Waals surface area contributed by atoms with Crippen LogP contribution in [0.3, 0.4) is 0 Å². The van der Waals surface area contributed by atoms with Crippen LogP contribution in [0.5, 0.6) is 0 Å². The van der Waals surface area contributed by atoms with Crippen LogP contribution in [0, 0.1) is 5.82 Å². The smallest absolute Gasteiger partial charge is 0.261 e. The number of hydrogen-bond donors (Lipinski definition) is 2. The van der Waals surface area contributed by atoms with Gasteiger partial charge in [-0.15, -0.1) is 11.3 Å². The minimum absolute atomic E-state index is 0.0265. The molecule has 2 amide bonds. The minimum atomic E-state index is -0.331. The quantitative estimate of drug-likeness (QED) is 0.607. The van der Waals surface area contributed by atoms with E-state index < -0.39 is 0 Å². The lowest BCUT2D eigenvalue weighted by atomic mass is 10.0. The van der Waals surface area contributed by atoms with Crippen LogP contribution in [0.4, 0.5) is 10.1 Å². The van der Waals surface area contributed by atoms with Crippen molar-refractivity contribution >= 4 is 28.8 Å². The first kappa shape index (κ1) is 21.1. The molecule has 7 heteroatoms. The maximum atomic E-state index is 13.8. The predicted molar refractivity (Wildman–Crippen MR) is 121 cm³/mol. The fraction of sp³-hybridized carbons (Fsp3) is 0.250. The zero-order chi connectivity index (χ0) is 21.6. The molecule has 2 heterocycles. The van der Waals surface area contributed by atoms with Gasteiger partial charge in [0.1, 0.15) is 5.82 Å². The van der Waals surface area contributed by atoms with Crippen molar-refractivity contribution in [2.75, 3.05) is 18.0 Å². The third-order valence-corrected chi connectivity index (χ3v) is 6.33. The van der Waals surface area contributed by atoms with Crippen molar-refractivity contribution in [3.8, 4) is 0 Å². The van der Waals surface area contributed by atoms with Crippen LogP contribution < -0.4 is 15.5 Å². The van der Waals surface area contributed by atoms with E-state index in [1.807, 2.05) is 35.7 Å². The Morgan fingerprint density at radius 3 is 2.45 bits per heavy atom. The topological polar surface area (TPSA) is 61.4 Å². The summed E-state index contributed by atoms with van der Waals surface area (Å²) in [7, 11) is 0. The van der Waals surface area contributed by atoms with E-state index in [1.54, 1.807) is 24.3 Å². The van der Waals surface area contributed by atoms with Crippen LogP contribution in [-0.2, 0) is 6.54 Å². The Kier molecular flexibility index (Phi) is 6.62. The van der Waals surface area contributed by atoms with Crippen molar-refractivity contribution in [1.29, 1.82) is 0 Å². The summed E-state index contributed by atoms with van der Waals surface area (Å²) in [6.07, 6.45) is 1.62. The highest BCUT2D eigenvalue weighted by molar-refractivity contribution is 7.12. The second kappa shape index (κ2) is 9.75. The number of amides is 2. The average Bonchev–Trinajstić information content (AvgIpc) is 3.34. The first-order chi connectivity index (χ1) is 15.1. The van der Waals surface area contributed by atoms with Crippen molar-refractivity contribution in [1.82, 2.24) is 10.6 Å². The Hall–Kier alpha value is -3.19. The summed E-state index contributed by atoms with van der Waals surface area (Å²) in [5, 5.41) is 7.82. The minimum Gasteiger partial charge on any atom is -0.371 e. The van der Waals surface area contributed by atoms with Gasteiger partial charge in [-0.2, -0.15) is 0 Å². The molecule has 5 nitrogen and oxygen atoms in total. The summed E-state index contributed by atoms with van der Waals surface area (Å²) >= 11 is 1.44. The number of carbonyl (C=O) groups is 2. The van der Waals surface area contributed by atoms with Crippen LogP contribution in [0.15, 0.2) is 66.0 Å².